The monoisotopic (exact) mass is 323 g/mol. The van der Waals surface area contributed by atoms with Gasteiger partial charge in [-0.25, -0.2) is 4.39 Å². The second kappa shape index (κ2) is 4.77. The summed E-state index contributed by atoms with van der Waals surface area (Å²) in [5.41, 5.74) is 2.78. The molecule has 0 radical (unpaired) electrons. The van der Waals surface area contributed by atoms with Crippen LogP contribution in [0.3, 0.4) is 0 Å². The van der Waals surface area contributed by atoms with Crippen LogP contribution in [0.4, 0.5) is 10.1 Å². The lowest BCUT2D eigenvalue weighted by molar-refractivity contribution is -0.110. The van der Waals surface area contributed by atoms with Crippen LogP contribution in [-0.2, 0) is 15.1 Å². The van der Waals surface area contributed by atoms with Crippen LogP contribution in [0.1, 0.15) is 40.9 Å². The van der Waals surface area contributed by atoms with E-state index in [2.05, 4.69) is 5.32 Å². The van der Waals surface area contributed by atoms with E-state index in [1.54, 1.807) is 18.2 Å². The van der Waals surface area contributed by atoms with Crippen LogP contribution >= 0.6 is 0 Å². The molecule has 24 heavy (non-hydrogen) atoms. The van der Waals surface area contributed by atoms with Gasteiger partial charge in [-0.05, 0) is 38.1 Å². The summed E-state index contributed by atoms with van der Waals surface area (Å²) < 4.78 is 19.7. The zero-order chi connectivity index (χ0) is 17.1. The molecule has 2 aliphatic heterocycles. The number of fused-ring (bicyclic) bond motifs is 2. The molecule has 0 aliphatic carbocycles. The highest BCUT2D eigenvalue weighted by Crippen LogP contribution is 2.48. The zero-order valence-electron chi connectivity index (χ0n) is 13.1. The van der Waals surface area contributed by atoms with Crippen LogP contribution in [-0.4, -0.2) is 12.2 Å². The van der Waals surface area contributed by atoms with Gasteiger partial charge in [0.1, 0.15) is 23.5 Å². The number of ether oxygens (including phenoxy) is 1. The maximum absolute atomic E-state index is 13.7. The molecule has 5 heteroatoms. The number of benzene rings is 2. The number of halogens is 1. The maximum Gasteiger partial charge on any atom is 0.260 e. The molecule has 0 aromatic heterocycles. The third-order valence-corrected chi connectivity index (χ3v) is 4.38. The fourth-order valence-corrected chi connectivity index (χ4v) is 3.25. The molecule has 2 aliphatic rings. The lowest BCUT2D eigenvalue weighted by Gasteiger charge is -2.19. The summed E-state index contributed by atoms with van der Waals surface area (Å²) in [5.74, 6) is -0.333. The molecule has 0 atom stereocenters. The molecular formula is C19H14FNO3. The smallest absolute Gasteiger partial charge is 0.260 e. The van der Waals surface area contributed by atoms with Gasteiger partial charge in [0.05, 0.1) is 5.57 Å². The Bertz CT molecular complexity index is 944. The van der Waals surface area contributed by atoms with E-state index in [0.717, 1.165) is 17.4 Å². The third kappa shape index (κ3) is 1.98. The molecule has 0 fully saturated rings. The standard InChI is InChI=1S/C19H14FNO3/c1-19(2)14-7-10(9-22)3-5-12(14)17(24-19)16-13-8-11(20)4-6-15(13)21-18(16)23/h3-9H,1-2H3,(H,21,23). The van der Waals surface area contributed by atoms with Crippen molar-refractivity contribution in [2.45, 2.75) is 19.4 Å². The molecule has 0 unspecified atom stereocenters. The SMILES string of the molecule is CC1(C)OC(=C2C(=O)Nc3ccc(F)cc32)c2ccc(C=O)cc21. The fraction of sp³-hybridized carbons (Fsp3) is 0.158. The Morgan fingerprint density at radius 2 is 1.92 bits per heavy atom. The van der Waals surface area contributed by atoms with E-state index >= 15 is 0 Å². The summed E-state index contributed by atoms with van der Waals surface area (Å²) >= 11 is 0. The number of amides is 1. The van der Waals surface area contributed by atoms with E-state index in [0.29, 0.717) is 28.1 Å². The number of hydrogen-bond donors (Lipinski definition) is 1. The molecule has 1 amide bonds. The third-order valence-electron chi connectivity index (χ3n) is 4.38. The van der Waals surface area contributed by atoms with Crippen LogP contribution in [0, 0.1) is 5.82 Å². The largest absolute Gasteiger partial charge is 0.482 e. The minimum Gasteiger partial charge on any atom is -0.482 e. The highest BCUT2D eigenvalue weighted by Gasteiger charge is 2.40. The normalized spacial score (nSPS) is 20.2. The van der Waals surface area contributed by atoms with Crippen LogP contribution in [0.2, 0.25) is 0 Å². The van der Waals surface area contributed by atoms with Gasteiger partial charge in [-0.3, -0.25) is 9.59 Å². The van der Waals surface area contributed by atoms with Gasteiger partial charge >= 0.3 is 0 Å². The second-order valence-corrected chi connectivity index (χ2v) is 6.38. The lowest BCUT2D eigenvalue weighted by Crippen LogP contribution is -2.15. The first-order chi connectivity index (χ1) is 11.4. The Morgan fingerprint density at radius 3 is 2.67 bits per heavy atom. The Balaban J connectivity index is 2.00. The molecule has 0 spiro atoms. The molecule has 120 valence electrons. The number of anilines is 1. The van der Waals surface area contributed by atoms with Crippen LogP contribution < -0.4 is 5.32 Å². The number of carbonyl (C=O) groups is 2. The first-order valence-corrected chi connectivity index (χ1v) is 7.55. The van der Waals surface area contributed by atoms with E-state index < -0.39 is 11.4 Å². The van der Waals surface area contributed by atoms with E-state index in [9.17, 15) is 14.0 Å². The van der Waals surface area contributed by atoms with Crippen molar-refractivity contribution in [2.24, 2.45) is 0 Å². The Labute approximate surface area is 137 Å². The molecule has 2 aromatic carbocycles. The zero-order valence-corrected chi connectivity index (χ0v) is 13.1. The molecule has 0 saturated carbocycles. The molecule has 0 saturated heterocycles. The average Bonchev–Trinajstić information content (AvgIpc) is 3.00. The summed E-state index contributed by atoms with van der Waals surface area (Å²) in [4.78, 5) is 23.5. The summed E-state index contributed by atoms with van der Waals surface area (Å²) in [6.07, 6.45) is 0.772. The van der Waals surface area contributed by atoms with Gasteiger partial charge in [0.15, 0.2) is 0 Å². The molecular weight excluding hydrogens is 309 g/mol. The molecule has 2 heterocycles. The maximum atomic E-state index is 13.7. The fourth-order valence-electron chi connectivity index (χ4n) is 3.25. The topological polar surface area (TPSA) is 55.4 Å². The van der Waals surface area contributed by atoms with Crippen molar-refractivity contribution in [3.05, 3.63) is 64.5 Å². The Hall–Kier alpha value is -2.95. The second-order valence-electron chi connectivity index (χ2n) is 6.38. The summed E-state index contributed by atoms with van der Waals surface area (Å²) in [6, 6.07) is 9.36. The number of hydrogen-bond acceptors (Lipinski definition) is 3. The van der Waals surface area contributed by atoms with Gasteiger partial charge in [0.25, 0.3) is 5.91 Å². The summed E-state index contributed by atoms with van der Waals surface area (Å²) in [5, 5.41) is 2.73. The first-order valence-electron chi connectivity index (χ1n) is 7.55. The van der Waals surface area contributed by atoms with E-state index in [4.69, 9.17) is 4.74 Å². The minimum absolute atomic E-state index is 0.315. The van der Waals surface area contributed by atoms with E-state index in [1.165, 1.54) is 18.2 Å². The van der Waals surface area contributed by atoms with Crippen LogP contribution in [0.15, 0.2) is 36.4 Å². The van der Waals surface area contributed by atoms with Crippen molar-refractivity contribution >= 4 is 29.2 Å². The van der Waals surface area contributed by atoms with Gasteiger partial charge < -0.3 is 10.1 Å². The number of aldehydes is 1. The number of carbonyl (C=O) groups excluding carboxylic acids is 2. The summed E-state index contributed by atoms with van der Waals surface area (Å²) in [6.45, 7) is 3.74. The van der Waals surface area contributed by atoms with Crippen molar-refractivity contribution in [1.29, 1.82) is 0 Å². The first kappa shape index (κ1) is 14.6. The van der Waals surface area contributed by atoms with Crippen molar-refractivity contribution < 1.29 is 18.7 Å². The molecule has 4 nitrogen and oxygen atoms in total. The van der Waals surface area contributed by atoms with E-state index in [-0.39, 0.29) is 5.91 Å². The quantitative estimate of drug-likeness (QED) is 0.643. The molecule has 0 bridgehead atoms. The Morgan fingerprint density at radius 1 is 1.12 bits per heavy atom. The van der Waals surface area contributed by atoms with Gasteiger partial charge in [0.2, 0.25) is 0 Å². The van der Waals surface area contributed by atoms with Crippen molar-refractivity contribution in [3.8, 4) is 0 Å². The van der Waals surface area contributed by atoms with Crippen molar-refractivity contribution in [1.82, 2.24) is 0 Å². The molecule has 1 N–H and O–H groups in total. The number of rotatable bonds is 1. The minimum atomic E-state index is -0.687. The average molecular weight is 323 g/mol. The van der Waals surface area contributed by atoms with Crippen molar-refractivity contribution in [2.75, 3.05) is 5.32 Å². The van der Waals surface area contributed by atoms with Gasteiger partial charge in [-0.1, -0.05) is 12.1 Å². The van der Waals surface area contributed by atoms with Crippen molar-refractivity contribution in [3.63, 3.8) is 0 Å². The van der Waals surface area contributed by atoms with Gasteiger partial charge in [-0.15, -0.1) is 0 Å². The highest BCUT2D eigenvalue weighted by atomic mass is 19.1. The lowest BCUT2D eigenvalue weighted by atomic mass is 9.92. The predicted molar refractivity (Wildman–Crippen MR) is 87.8 cm³/mol. The predicted octanol–water partition coefficient (Wildman–Crippen LogP) is 3.72. The van der Waals surface area contributed by atoms with Gasteiger partial charge in [0, 0.05) is 27.9 Å². The van der Waals surface area contributed by atoms with Crippen LogP contribution in [0.25, 0.3) is 11.3 Å². The van der Waals surface area contributed by atoms with Gasteiger partial charge in [-0.2, -0.15) is 0 Å². The molecule has 2 aromatic rings. The summed E-state index contributed by atoms with van der Waals surface area (Å²) in [7, 11) is 0. The highest BCUT2D eigenvalue weighted by molar-refractivity contribution is 6.36. The number of nitrogens with one attached hydrogen (secondary N) is 1. The van der Waals surface area contributed by atoms with Crippen LogP contribution in [0.5, 0.6) is 0 Å². The van der Waals surface area contributed by atoms with E-state index in [1.807, 2.05) is 13.8 Å². The Kier molecular flexibility index (Phi) is 2.91. The molecule has 4 rings (SSSR count).